The van der Waals surface area contributed by atoms with Crippen LogP contribution in [0.15, 0.2) is 41.1 Å². The van der Waals surface area contributed by atoms with Gasteiger partial charge in [0.2, 0.25) is 5.91 Å². The molecule has 1 saturated heterocycles. The van der Waals surface area contributed by atoms with E-state index in [0.29, 0.717) is 42.5 Å². The number of carbonyl (C=O) groups excluding carboxylic acids is 2. The Kier molecular flexibility index (Phi) is 4.62. The maximum atomic E-state index is 12.3. The molecule has 7 heteroatoms. The van der Waals surface area contributed by atoms with Crippen LogP contribution in [0, 0.1) is 5.92 Å². The van der Waals surface area contributed by atoms with E-state index in [-0.39, 0.29) is 17.7 Å². The third-order valence-corrected chi connectivity index (χ3v) is 4.10. The molecule has 0 bridgehead atoms. The average Bonchev–Trinajstić information content (AvgIpc) is 3.11. The highest BCUT2D eigenvalue weighted by Crippen LogP contribution is 2.21. The Labute approximate surface area is 138 Å². The summed E-state index contributed by atoms with van der Waals surface area (Å²) in [5.41, 5.74) is 0.619. The van der Waals surface area contributed by atoms with Crippen LogP contribution in [-0.4, -0.2) is 34.8 Å². The van der Waals surface area contributed by atoms with Gasteiger partial charge in [-0.05, 0) is 37.1 Å². The van der Waals surface area contributed by atoms with Crippen LogP contribution in [0.2, 0.25) is 5.15 Å². The predicted octanol–water partition coefficient (Wildman–Crippen LogP) is 2.82. The molecule has 0 spiro atoms. The van der Waals surface area contributed by atoms with Gasteiger partial charge in [-0.15, -0.1) is 0 Å². The highest BCUT2D eigenvalue weighted by molar-refractivity contribution is 6.29. The Hall–Kier alpha value is -2.34. The number of carbonyl (C=O) groups is 2. The van der Waals surface area contributed by atoms with E-state index in [2.05, 4.69) is 10.3 Å². The molecule has 2 aromatic heterocycles. The Morgan fingerprint density at radius 2 is 2.04 bits per heavy atom. The molecule has 1 fully saturated rings. The monoisotopic (exact) mass is 333 g/mol. The molecule has 2 amide bonds. The lowest BCUT2D eigenvalue weighted by atomic mass is 9.95. The van der Waals surface area contributed by atoms with Gasteiger partial charge in [0.1, 0.15) is 5.15 Å². The summed E-state index contributed by atoms with van der Waals surface area (Å²) in [6.45, 7) is 1.08. The Balaban J connectivity index is 1.53. The first-order valence-corrected chi connectivity index (χ1v) is 7.76. The molecule has 0 radical (unpaired) electrons. The smallest absolute Gasteiger partial charge is 0.289 e. The molecule has 120 valence electrons. The van der Waals surface area contributed by atoms with Gasteiger partial charge >= 0.3 is 0 Å². The van der Waals surface area contributed by atoms with Gasteiger partial charge in [-0.2, -0.15) is 0 Å². The zero-order valence-electron chi connectivity index (χ0n) is 12.4. The number of pyridine rings is 1. The number of hydrogen-bond donors (Lipinski definition) is 1. The van der Waals surface area contributed by atoms with E-state index in [1.165, 1.54) is 12.5 Å². The number of halogens is 1. The van der Waals surface area contributed by atoms with Crippen molar-refractivity contribution in [1.82, 2.24) is 9.88 Å². The van der Waals surface area contributed by atoms with Crippen LogP contribution in [0.3, 0.4) is 0 Å². The molecule has 0 aromatic carbocycles. The molecule has 23 heavy (non-hydrogen) atoms. The lowest BCUT2D eigenvalue weighted by Crippen LogP contribution is -2.41. The van der Waals surface area contributed by atoms with E-state index in [1.807, 2.05) is 0 Å². The van der Waals surface area contributed by atoms with E-state index >= 15 is 0 Å². The van der Waals surface area contributed by atoms with Crippen molar-refractivity contribution in [3.05, 3.63) is 47.6 Å². The van der Waals surface area contributed by atoms with Gasteiger partial charge in [0.25, 0.3) is 5.91 Å². The van der Waals surface area contributed by atoms with Gasteiger partial charge in [0.05, 0.1) is 18.1 Å². The van der Waals surface area contributed by atoms with Crippen LogP contribution in [0.5, 0.6) is 0 Å². The fourth-order valence-electron chi connectivity index (χ4n) is 2.59. The Morgan fingerprint density at radius 1 is 1.26 bits per heavy atom. The van der Waals surface area contributed by atoms with Crippen LogP contribution < -0.4 is 5.32 Å². The van der Waals surface area contributed by atoms with E-state index in [4.69, 9.17) is 16.0 Å². The first-order chi connectivity index (χ1) is 11.1. The number of nitrogens with one attached hydrogen (secondary N) is 1. The molecule has 0 unspecified atom stereocenters. The molecule has 3 rings (SSSR count). The lowest BCUT2D eigenvalue weighted by molar-refractivity contribution is -0.121. The summed E-state index contributed by atoms with van der Waals surface area (Å²) in [7, 11) is 0. The van der Waals surface area contributed by atoms with E-state index in [9.17, 15) is 9.59 Å². The summed E-state index contributed by atoms with van der Waals surface area (Å²) in [5, 5.41) is 3.21. The van der Waals surface area contributed by atoms with Crippen molar-refractivity contribution in [3.63, 3.8) is 0 Å². The number of nitrogens with zero attached hydrogens (tertiary/aromatic N) is 2. The summed E-state index contributed by atoms with van der Waals surface area (Å²) in [6.07, 6.45) is 4.25. The topological polar surface area (TPSA) is 75.4 Å². The maximum absolute atomic E-state index is 12.3. The fraction of sp³-hybridized carbons (Fsp3) is 0.312. The highest BCUT2D eigenvalue weighted by atomic mass is 35.5. The zero-order valence-corrected chi connectivity index (χ0v) is 13.1. The molecular formula is C16H16ClN3O3. The maximum Gasteiger partial charge on any atom is 0.289 e. The van der Waals surface area contributed by atoms with Gasteiger partial charge in [0, 0.05) is 19.0 Å². The number of amides is 2. The lowest BCUT2D eigenvalue weighted by Gasteiger charge is -2.30. The summed E-state index contributed by atoms with van der Waals surface area (Å²) in [5.74, 6) is 0.0291. The predicted molar refractivity (Wildman–Crippen MR) is 85.2 cm³/mol. The molecule has 0 aliphatic carbocycles. The number of likely N-dealkylation sites (tertiary alicyclic amines) is 1. The number of anilines is 1. The number of piperidine rings is 1. The quantitative estimate of drug-likeness (QED) is 0.876. The van der Waals surface area contributed by atoms with Gasteiger partial charge in [0.15, 0.2) is 5.76 Å². The standard InChI is InChI=1S/C16H16ClN3O3/c17-14-4-3-12(10-18-14)19-15(21)11-5-7-20(8-6-11)16(22)13-2-1-9-23-13/h1-4,9-11H,5-8H2,(H,19,21). The molecule has 3 heterocycles. The largest absolute Gasteiger partial charge is 0.459 e. The van der Waals surface area contributed by atoms with Crippen molar-refractivity contribution in [2.24, 2.45) is 5.92 Å². The molecule has 1 N–H and O–H groups in total. The number of rotatable bonds is 3. The summed E-state index contributed by atoms with van der Waals surface area (Å²) < 4.78 is 5.12. The third-order valence-electron chi connectivity index (χ3n) is 3.88. The van der Waals surface area contributed by atoms with Gasteiger partial charge < -0.3 is 14.6 Å². The van der Waals surface area contributed by atoms with Crippen molar-refractivity contribution in [2.75, 3.05) is 18.4 Å². The van der Waals surface area contributed by atoms with Crippen LogP contribution in [0.1, 0.15) is 23.4 Å². The van der Waals surface area contributed by atoms with Crippen LogP contribution in [0.4, 0.5) is 5.69 Å². The minimum absolute atomic E-state index is 0.0563. The third kappa shape index (κ3) is 3.71. The number of hydrogen-bond acceptors (Lipinski definition) is 4. The summed E-state index contributed by atoms with van der Waals surface area (Å²) >= 11 is 5.72. The van der Waals surface area contributed by atoms with Crippen molar-refractivity contribution in [3.8, 4) is 0 Å². The summed E-state index contributed by atoms with van der Waals surface area (Å²) in [4.78, 5) is 30.1. The van der Waals surface area contributed by atoms with E-state index in [1.54, 1.807) is 29.2 Å². The Morgan fingerprint density at radius 3 is 2.65 bits per heavy atom. The molecule has 1 aliphatic rings. The second-order valence-electron chi connectivity index (χ2n) is 5.40. The number of aromatic nitrogens is 1. The zero-order chi connectivity index (χ0) is 16.2. The SMILES string of the molecule is O=C(Nc1ccc(Cl)nc1)C1CCN(C(=O)c2ccco2)CC1. The number of furan rings is 1. The molecule has 0 saturated carbocycles. The summed E-state index contributed by atoms with van der Waals surface area (Å²) in [6, 6.07) is 6.67. The highest BCUT2D eigenvalue weighted by Gasteiger charge is 2.28. The van der Waals surface area contributed by atoms with Crippen LogP contribution in [-0.2, 0) is 4.79 Å². The van der Waals surface area contributed by atoms with Crippen LogP contribution >= 0.6 is 11.6 Å². The average molecular weight is 334 g/mol. The minimum atomic E-state index is -0.129. The molecule has 6 nitrogen and oxygen atoms in total. The first kappa shape index (κ1) is 15.6. The van der Waals surface area contributed by atoms with E-state index < -0.39 is 0 Å². The van der Waals surface area contributed by atoms with Crippen molar-refractivity contribution in [1.29, 1.82) is 0 Å². The Bertz CT molecular complexity index is 677. The molecule has 1 aliphatic heterocycles. The van der Waals surface area contributed by atoms with Crippen molar-refractivity contribution < 1.29 is 14.0 Å². The second-order valence-corrected chi connectivity index (χ2v) is 5.79. The first-order valence-electron chi connectivity index (χ1n) is 7.38. The van der Waals surface area contributed by atoms with Crippen LogP contribution in [0.25, 0.3) is 0 Å². The van der Waals surface area contributed by atoms with Crippen molar-refractivity contribution in [2.45, 2.75) is 12.8 Å². The van der Waals surface area contributed by atoms with Gasteiger partial charge in [-0.1, -0.05) is 11.6 Å². The minimum Gasteiger partial charge on any atom is -0.459 e. The van der Waals surface area contributed by atoms with Crippen molar-refractivity contribution >= 4 is 29.1 Å². The molecule has 0 atom stereocenters. The van der Waals surface area contributed by atoms with E-state index in [0.717, 1.165) is 0 Å². The second kappa shape index (κ2) is 6.83. The molecule has 2 aromatic rings. The normalized spacial score (nSPS) is 15.4. The van der Waals surface area contributed by atoms with Gasteiger partial charge in [-0.25, -0.2) is 4.98 Å². The van der Waals surface area contributed by atoms with Gasteiger partial charge in [-0.3, -0.25) is 9.59 Å². The molecular weight excluding hydrogens is 318 g/mol. The fourth-order valence-corrected chi connectivity index (χ4v) is 2.71.